The topological polar surface area (TPSA) is 21.3 Å². The molecule has 0 spiro atoms. The second-order valence-corrected chi connectivity index (χ2v) is 3.36. The van der Waals surface area contributed by atoms with E-state index in [9.17, 15) is 0 Å². The Morgan fingerprint density at radius 2 is 2.31 bits per heavy atom. The summed E-state index contributed by atoms with van der Waals surface area (Å²) in [4.78, 5) is 0. The summed E-state index contributed by atoms with van der Waals surface area (Å²) in [6.07, 6.45) is 1.38. The van der Waals surface area contributed by atoms with Gasteiger partial charge >= 0.3 is 0 Å². The molecule has 0 amide bonds. The summed E-state index contributed by atoms with van der Waals surface area (Å²) in [5.41, 5.74) is 1.34. The first-order valence-corrected chi connectivity index (χ1v) is 4.85. The summed E-state index contributed by atoms with van der Waals surface area (Å²) in [5.74, 6) is 1.06. The molecule has 1 N–H and O–H groups in total. The molecule has 70 valence electrons. The molecule has 1 atom stereocenters. The quantitative estimate of drug-likeness (QED) is 0.757. The number of hydrogen-bond donors (Lipinski definition) is 1. The highest BCUT2D eigenvalue weighted by Gasteiger charge is 2.21. The van der Waals surface area contributed by atoms with Crippen molar-refractivity contribution in [2.24, 2.45) is 0 Å². The molecule has 1 heterocycles. The zero-order valence-electron chi connectivity index (χ0n) is 7.92. The lowest BCUT2D eigenvalue weighted by Crippen LogP contribution is -2.29. The maximum atomic E-state index is 5.75. The Morgan fingerprint density at radius 1 is 1.46 bits per heavy atom. The van der Waals surface area contributed by atoms with E-state index in [-0.39, 0.29) is 0 Å². The Bertz CT molecular complexity index is 260. The van der Waals surface area contributed by atoms with Crippen molar-refractivity contribution in [1.29, 1.82) is 0 Å². The van der Waals surface area contributed by atoms with Crippen LogP contribution in [0.4, 0.5) is 0 Å². The molecule has 0 aliphatic carbocycles. The molecule has 1 aromatic carbocycles. The fourth-order valence-corrected chi connectivity index (χ4v) is 1.67. The lowest BCUT2D eigenvalue weighted by Gasteiger charge is -2.09. The summed E-state index contributed by atoms with van der Waals surface area (Å²) in [6.45, 7) is 4.07. The van der Waals surface area contributed by atoms with Gasteiger partial charge in [-0.25, -0.2) is 0 Å². The molecule has 0 radical (unpaired) electrons. The normalized spacial score (nSPS) is 19.6. The molecule has 0 unspecified atom stereocenters. The van der Waals surface area contributed by atoms with E-state index >= 15 is 0 Å². The van der Waals surface area contributed by atoms with Crippen molar-refractivity contribution in [3.8, 4) is 5.75 Å². The zero-order chi connectivity index (χ0) is 9.10. The number of ether oxygens (including phenoxy) is 1. The molecule has 2 heteroatoms. The molecular weight excluding hydrogens is 162 g/mol. The summed E-state index contributed by atoms with van der Waals surface area (Å²) in [5, 5.41) is 3.30. The molecule has 0 saturated carbocycles. The van der Waals surface area contributed by atoms with Crippen LogP contribution < -0.4 is 10.1 Å². The van der Waals surface area contributed by atoms with Crippen molar-refractivity contribution >= 4 is 0 Å². The van der Waals surface area contributed by atoms with Gasteiger partial charge in [0, 0.05) is 13.0 Å². The highest BCUT2D eigenvalue weighted by molar-refractivity contribution is 5.37. The highest BCUT2D eigenvalue weighted by atomic mass is 16.5. The third-order valence-corrected chi connectivity index (χ3v) is 2.34. The maximum absolute atomic E-state index is 5.75. The van der Waals surface area contributed by atoms with E-state index in [1.807, 2.05) is 12.1 Å². The summed E-state index contributed by atoms with van der Waals surface area (Å²) in [6, 6.07) is 8.27. The molecule has 0 aromatic heterocycles. The van der Waals surface area contributed by atoms with Crippen LogP contribution >= 0.6 is 0 Å². The molecule has 13 heavy (non-hydrogen) atoms. The van der Waals surface area contributed by atoms with E-state index in [1.165, 1.54) is 5.56 Å². The average Bonchev–Trinajstić information content (AvgIpc) is 2.57. The number of para-hydroxylation sites is 1. The van der Waals surface area contributed by atoms with Gasteiger partial charge in [-0.05, 0) is 18.2 Å². The largest absolute Gasteiger partial charge is 0.488 e. The van der Waals surface area contributed by atoms with Gasteiger partial charge in [0.05, 0.1) is 0 Å². The SMILES string of the molecule is CCNC[C@@H]1Cc2ccccc2O1. The first-order valence-electron chi connectivity index (χ1n) is 4.85. The minimum Gasteiger partial charge on any atom is -0.488 e. The smallest absolute Gasteiger partial charge is 0.123 e. The molecule has 1 aliphatic heterocycles. The van der Waals surface area contributed by atoms with Crippen LogP contribution in [0, 0.1) is 0 Å². The molecule has 0 bridgehead atoms. The zero-order valence-corrected chi connectivity index (χ0v) is 7.92. The fourth-order valence-electron chi connectivity index (χ4n) is 1.67. The van der Waals surface area contributed by atoms with Crippen LogP contribution in [-0.4, -0.2) is 19.2 Å². The van der Waals surface area contributed by atoms with E-state index in [4.69, 9.17) is 4.74 Å². The number of benzene rings is 1. The minimum atomic E-state index is 0.331. The van der Waals surface area contributed by atoms with Crippen molar-refractivity contribution in [1.82, 2.24) is 5.32 Å². The monoisotopic (exact) mass is 177 g/mol. The lowest BCUT2D eigenvalue weighted by atomic mass is 10.1. The first kappa shape index (κ1) is 8.57. The number of hydrogen-bond acceptors (Lipinski definition) is 2. The van der Waals surface area contributed by atoms with Crippen molar-refractivity contribution in [3.05, 3.63) is 29.8 Å². The molecule has 0 fully saturated rings. The van der Waals surface area contributed by atoms with Gasteiger partial charge in [0.2, 0.25) is 0 Å². The van der Waals surface area contributed by atoms with Crippen LogP contribution in [0.15, 0.2) is 24.3 Å². The van der Waals surface area contributed by atoms with E-state index < -0.39 is 0 Å². The summed E-state index contributed by atoms with van der Waals surface area (Å²) in [7, 11) is 0. The molecular formula is C11H15NO. The van der Waals surface area contributed by atoms with Gasteiger partial charge in [0.25, 0.3) is 0 Å². The predicted octanol–water partition coefficient (Wildman–Crippen LogP) is 1.60. The molecule has 1 aliphatic rings. The molecule has 1 aromatic rings. The van der Waals surface area contributed by atoms with Crippen molar-refractivity contribution in [2.75, 3.05) is 13.1 Å². The second-order valence-electron chi connectivity index (χ2n) is 3.36. The fraction of sp³-hybridized carbons (Fsp3) is 0.455. The Labute approximate surface area is 78.9 Å². The van der Waals surface area contributed by atoms with Gasteiger partial charge in [-0.1, -0.05) is 25.1 Å². The van der Waals surface area contributed by atoms with E-state index in [0.717, 1.165) is 25.3 Å². The molecule has 2 rings (SSSR count). The van der Waals surface area contributed by atoms with Crippen molar-refractivity contribution in [2.45, 2.75) is 19.4 Å². The number of fused-ring (bicyclic) bond motifs is 1. The second kappa shape index (κ2) is 3.79. The van der Waals surface area contributed by atoms with Crippen molar-refractivity contribution in [3.63, 3.8) is 0 Å². The third-order valence-electron chi connectivity index (χ3n) is 2.34. The van der Waals surface area contributed by atoms with Gasteiger partial charge < -0.3 is 10.1 Å². The molecule has 0 saturated heterocycles. The van der Waals surface area contributed by atoms with Gasteiger partial charge in [0.15, 0.2) is 0 Å². The Morgan fingerprint density at radius 3 is 3.08 bits per heavy atom. The standard InChI is InChI=1S/C11H15NO/c1-2-12-8-10-7-9-5-3-4-6-11(9)13-10/h3-6,10,12H,2,7-8H2,1H3/t10-/m0/s1. The van der Waals surface area contributed by atoms with Gasteiger partial charge in [0.1, 0.15) is 11.9 Å². The maximum Gasteiger partial charge on any atom is 0.123 e. The highest BCUT2D eigenvalue weighted by Crippen LogP contribution is 2.27. The van der Waals surface area contributed by atoms with Crippen molar-refractivity contribution < 1.29 is 4.74 Å². The predicted molar refractivity (Wildman–Crippen MR) is 53.1 cm³/mol. The van der Waals surface area contributed by atoms with Gasteiger partial charge in [-0.15, -0.1) is 0 Å². The van der Waals surface area contributed by atoms with E-state index in [2.05, 4.69) is 24.4 Å². The third kappa shape index (κ3) is 1.83. The summed E-state index contributed by atoms with van der Waals surface area (Å²) < 4.78 is 5.75. The van der Waals surface area contributed by atoms with Crippen LogP contribution in [0.1, 0.15) is 12.5 Å². The number of likely N-dealkylation sites (N-methyl/N-ethyl adjacent to an activating group) is 1. The number of nitrogens with one attached hydrogen (secondary N) is 1. The Hall–Kier alpha value is -1.02. The Balaban J connectivity index is 1.97. The lowest BCUT2D eigenvalue weighted by molar-refractivity contribution is 0.229. The summed E-state index contributed by atoms with van der Waals surface area (Å²) >= 11 is 0. The minimum absolute atomic E-state index is 0.331. The van der Waals surface area contributed by atoms with E-state index in [0.29, 0.717) is 6.10 Å². The Kier molecular flexibility index (Phi) is 2.50. The van der Waals surface area contributed by atoms with Crippen LogP contribution in [0.25, 0.3) is 0 Å². The molecule has 2 nitrogen and oxygen atoms in total. The number of rotatable bonds is 3. The first-order chi connectivity index (χ1) is 6.40. The van der Waals surface area contributed by atoms with Gasteiger partial charge in [-0.2, -0.15) is 0 Å². The van der Waals surface area contributed by atoms with Crippen LogP contribution in [0.5, 0.6) is 5.75 Å². The van der Waals surface area contributed by atoms with Crippen LogP contribution in [-0.2, 0) is 6.42 Å². The van der Waals surface area contributed by atoms with E-state index in [1.54, 1.807) is 0 Å². The average molecular weight is 177 g/mol. The van der Waals surface area contributed by atoms with Crippen LogP contribution in [0.3, 0.4) is 0 Å². The van der Waals surface area contributed by atoms with Gasteiger partial charge in [-0.3, -0.25) is 0 Å². The van der Waals surface area contributed by atoms with Crippen LogP contribution in [0.2, 0.25) is 0 Å².